The highest BCUT2D eigenvalue weighted by atomic mass is 79.9. The second-order valence-electron chi connectivity index (χ2n) is 8.62. The number of nitrogens with two attached hydrogens (primary N) is 1. The number of ether oxygens (including phenoxy) is 1. The van der Waals surface area contributed by atoms with E-state index in [0.29, 0.717) is 11.3 Å². The van der Waals surface area contributed by atoms with E-state index in [9.17, 15) is 14.7 Å². The summed E-state index contributed by atoms with van der Waals surface area (Å²) in [5.74, 6) is 5.03. The lowest BCUT2D eigenvalue weighted by molar-refractivity contribution is -0.118. The number of carbonyl (C=O) groups excluding carboxylic acids is 1. The van der Waals surface area contributed by atoms with Gasteiger partial charge < -0.3 is 14.7 Å². The van der Waals surface area contributed by atoms with Crippen LogP contribution in [0.15, 0.2) is 59.1 Å². The Hall–Kier alpha value is -3.07. The summed E-state index contributed by atoms with van der Waals surface area (Å²) in [5.41, 5.74) is 3.91. The average Bonchev–Trinajstić information content (AvgIpc) is 2.89. The number of aromatic carboxylic acids is 1. The molecule has 1 amide bonds. The highest BCUT2D eigenvalue weighted by Crippen LogP contribution is 2.40. The van der Waals surface area contributed by atoms with E-state index < -0.39 is 5.97 Å². The molecule has 3 aromatic carbocycles. The summed E-state index contributed by atoms with van der Waals surface area (Å²) in [6.45, 7) is 1.75. The van der Waals surface area contributed by atoms with Crippen molar-refractivity contribution >= 4 is 50.8 Å². The molecule has 36 heavy (non-hydrogen) atoms. The van der Waals surface area contributed by atoms with Crippen LogP contribution in [-0.2, 0) is 11.2 Å². The predicted octanol–water partition coefficient (Wildman–Crippen LogP) is 5.92. The molecule has 9 heteroatoms. The number of nitrogens with zero attached hydrogens (tertiary/aromatic N) is 2. The zero-order chi connectivity index (χ0) is 25.8. The van der Waals surface area contributed by atoms with Gasteiger partial charge in [0.05, 0.1) is 24.9 Å². The molecule has 1 aliphatic heterocycles. The van der Waals surface area contributed by atoms with E-state index in [0.717, 1.165) is 47.2 Å². The standard InChI is InChI=1S/C27H27BrClN3O4/c1-36-24-14-18(22(29)16-21(24)27(34)35)15-25(33)32(30)23-7-5-6-20(17-8-10-19(28)11-9-17)26(23)31-12-3-2-4-13-31/h5-11,14,16H,2-4,12-13,15,30H2,1H3,(H,34,35). The van der Waals surface area contributed by atoms with Gasteiger partial charge in [0.1, 0.15) is 11.3 Å². The monoisotopic (exact) mass is 571 g/mol. The van der Waals surface area contributed by atoms with Gasteiger partial charge in [0.25, 0.3) is 0 Å². The van der Waals surface area contributed by atoms with E-state index in [2.05, 4.69) is 20.8 Å². The number of piperidine rings is 1. The van der Waals surface area contributed by atoms with Gasteiger partial charge in [-0.3, -0.25) is 4.79 Å². The highest BCUT2D eigenvalue weighted by Gasteiger charge is 2.25. The third kappa shape index (κ3) is 5.51. The lowest BCUT2D eigenvalue weighted by Gasteiger charge is -2.34. The molecular formula is C27H27BrClN3O4. The fraction of sp³-hybridized carbons (Fsp3) is 0.259. The van der Waals surface area contributed by atoms with Gasteiger partial charge in [-0.2, -0.15) is 0 Å². The number of hydrogen-bond donors (Lipinski definition) is 2. The van der Waals surface area contributed by atoms with Gasteiger partial charge in [-0.15, -0.1) is 0 Å². The van der Waals surface area contributed by atoms with Crippen LogP contribution in [0.1, 0.15) is 35.2 Å². The van der Waals surface area contributed by atoms with Crippen LogP contribution in [0.2, 0.25) is 5.02 Å². The number of carbonyl (C=O) groups is 2. The van der Waals surface area contributed by atoms with Crippen molar-refractivity contribution in [3.05, 3.63) is 75.2 Å². The zero-order valence-corrected chi connectivity index (χ0v) is 22.2. The summed E-state index contributed by atoms with van der Waals surface area (Å²) in [5, 5.41) is 10.7. The van der Waals surface area contributed by atoms with Gasteiger partial charge in [-0.05, 0) is 60.7 Å². The number of carboxylic acids is 1. The summed E-state index contributed by atoms with van der Waals surface area (Å²) in [6.07, 6.45) is 3.19. The van der Waals surface area contributed by atoms with Crippen molar-refractivity contribution in [1.29, 1.82) is 0 Å². The number of carboxylic acid groups (broad SMARTS) is 1. The van der Waals surface area contributed by atoms with Crippen LogP contribution in [0, 0.1) is 0 Å². The summed E-state index contributed by atoms with van der Waals surface area (Å²) in [4.78, 5) is 27.1. The summed E-state index contributed by atoms with van der Waals surface area (Å²) < 4.78 is 6.18. The predicted molar refractivity (Wildman–Crippen MR) is 146 cm³/mol. The Morgan fingerprint density at radius 1 is 1.11 bits per heavy atom. The van der Waals surface area contributed by atoms with Crippen LogP contribution in [0.4, 0.5) is 11.4 Å². The molecule has 7 nitrogen and oxygen atoms in total. The van der Waals surface area contributed by atoms with Crippen molar-refractivity contribution in [2.45, 2.75) is 25.7 Å². The molecule has 0 saturated carbocycles. The molecule has 3 N–H and O–H groups in total. The fourth-order valence-electron chi connectivity index (χ4n) is 4.49. The minimum Gasteiger partial charge on any atom is -0.496 e. The van der Waals surface area contributed by atoms with Crippen LogP contribution in [-0.4, -0.2) is 37.2 Å². The average molecular weight is 573 g/mol. The molecule has 0 radical (unpaired) electrons. The molecule has 1 aliphatic rings. The largest absolute Gasteiger partial charge is 0.496 e. The normalized spacial score (nSPS) is 13.4. The molecule has 0 aromatic heterocycles. The molecule has 1 saturated heterocycles. The number of anilines is 2. The van der Waals surface area contributed by atoms with Gasteiger partial charge in [-0.1, -0.05) is 51.8 Å². The first-order valence-electron chi connectivity index (χ1n) is 11.6. The number of hydrogen-bond acceptors (Lipinski definition) is 5. The topological polar surface area (TPSA) is 96.1 Å². The van der Waals surface area contributed by atoms with E-state index in [1.54, 1.807) is 0 Å². The van der Waals surface area contributed by atoms with E-state index in [-0.39, 0.29) is 28.7 Å². The molecule has 3 aromatic rings. The van der Waals surface area contributed by atoms with E-state index in [4.69, 9.17) is 22.2 Å². The van der Waals surface area contributed by atoms with Crippen LogP contribution in [0.5, 0.6) is 5.75 Å². The molecule has 0 atom stereocenters. The van der Waals surface area contributed by atoms with E-state index >= 15 is 0 Å². The van der Waals surface area contributed by atoms with Gasteiger partial charge in [0.2, 0.25) is 5.91 Å². The minimum atomic E-state index is -1.16. The maximum absolute atomic E-state index is 13.4. The molecule has 1 heterocycles. The first-order chi connectivity index (χ1) is 17.3. The Bertz CT molecular complexity index is 1280. The number of benzene rings is 3. The number of para-hydroxylation sites is 1. The molecule has 0 spiro atoms. The number of hydrazine groups is 1. The number of rotatable bonds is 7. The van der Waals surface area contributed by atoms with Crippen LogP contribution < -0.4 is 20.5 Å². The highest BCUT2D eigenvalue weighted by molar-refractivity contribution is 9.10. The maximum atomic E-state index is 13.4. The molecule has 188 valence electrons. The molecule has 1 fully saturated rings. The van der Waals surface area contributed by atoms with Crippen LogP contribution in [0.25, 0.3) is 11.1 Å². The van der Waals surface area contributed by atoms with Crippen LogP contribution in [0.3, 0.4) is 0 Å². The lowest BCUT2D eigenvalue weighted by atomic mass is 9.99. The molecule has 0 aliphatic carbocycles. The van der Waals surface area contributed by atoms with Gasteiger partial charge >= 0.3 is 5.97 Å². The van der Waals surface area contributed by atoms with Gasteiger partial charge in [0.15, 0.2) is 0 Å². The number of methoxy groups -OCH3 is 1. The molecule has 4 rings (SSSR count). The minimum absolute atomic E-state index is 0.0714. The Morgan fingerprint density at radius 2 is 1.81 bits per heavy atom. The summed E-state index contributed by atoms with van der Waals surface area (Å²) >= 11 is 9.82. The van der Waals surface area contributed by atoms with Crippen LogP contribution >= 0.6 is 27.5 Å². The second kappa shape index (κ2) is 11.3. The SMILES string of the molecule is COc1cc(CC(=O)N(N)c2cccc(-c3ccc(Br)cc3)c2N2CCCCC2)c(Cl)cc1C(=O)O. The van der Waals surface area contributed by atoms with Crippen molar-refractivity contribution in [1.82, 2.24) is 0 Å². The Balaban J connectivity index is 1.71. The lowest BCUT2D eigenvalue weighted by Crippen LogP contribution is -2.41. The second-order valence-corrected chi connectivity index (χ2v) is 9.94. The third-order valence-corrected chi connectivity index (χ3v) is 7.19. The number of amides is 1. The van der Waals surface area contributed by atoms with Gasteiger partial charge in [0, 0.05) is 28.1 Å². The van der Waals surface area contributed by atoms with E-state index in [1.807, 2.05) is 42.5 Å². The third-order valence-electron chi connectivity index (χ3n) is 6.31. The summed E-state index contributed by atoms with van der Waals surface area (Å²) in [7, 11) is 1.37. The first-order valence-corrected chi connectivity index (χ1v) is 12.8. The smallest absolute Gasteiger partial charge is 0.339 e. The Labute approximate surface area is 223 Å². The quantitative estimate of drug-likeness (QED) is 0.207. The molecule has 0 bridgehead atoms. The maximum Gasteiger partial charge on any atom is 0.339 e. The summed E-state index contributed by atoms with van der Waals surface area (Å²) in [6, 6.07) is 16.6. The van der Waals surface area contributed by atoms with E-state index in [1.165, 1.54) is 30.7 Å². The number of halogens is 2. The van der Waals surface area contributed by atoms with Crippen molar-refractivity contribution in [2.24, 2.45) is 5.84 Å². The van der Waals surface area contributed by atoms with Crippen molar-refractivity contribution < 1.29 is 19.4 Å². The van der Waals surface area contributed by atoms with Gasteiger partial charge in [-0.25, -0.2) is 15.6 Å². The molecular weight excluding hydrogens is 546 g/mol. The van der Waals surface area contributed by atoms with Crippen molar-refractivity contribution in [3.63, 3.8) is 0 Å². The first kappa shape index (κ1) is 26.0. The van der Waals surface area contributed by atoms with Crippen molar-refractivity contribution in [2.75, 3.05) is 30.1 Å². The zero-order valence-electron chi connectivity index (χ0n) is 19.8. The molecule has 0 unspecified atom stereocenters. The fourth-order valence-corrected chi connectivity index (χ4v) is 4.98. The Kier molecular flexibility index (Phi) is 8.18. The Morgan fingerprint density at radius 3 is 2.44 bits per heavy atom. The van der Waals surface area contributed by atoms with Crippen molar-refractivity contribution in [3.8, 4) is 16.9 Å².